The fraction of sp³-hybridized carbons (Fsp3) is 0.545. The van der Waals surface area contributed by atoms with E-state index in [4.69, 9.17) is 0 Å². The molecule has 1 aromatic carbocycles. The monoisotopic (exact) mass is 352 g/mol. The Balaban J connectivity index is 1.68. The zero-order valence-corrected chi connectivity index (χ0v) is 16.0. The minimum Gasteiger partial charge on any atom is -0.335 e. The topological polar surface area (TPSA) is 40.6 Å². The smallest absolute Gasteiger partial charge is 0.252 e. The van der Waals surface area contributed by atoms with Crippen LogP contribution in [0, 0.1) is 5.92 Å². The molecule has 0 spiro atoms. The molecule has 2 heterocycles. The molecule has 1 atom stereocenters. The molecule has 1 saturated carbocycles. The lowest BCUT2D eigenvalue weighted by Gasteiger charge is -2.33. The van der Waals surface area contributed by atoms with Gasteiger partial charge in [-0.25, -0.2) is 0 Å². The maximum atomic E-state index is 13.2. The summed E-state index contributed by atoms with van der Waals surface area (Å²) in [6.07, 6.45) is 4.51. The van der Waals surface area contributed by atoms with E-state index >= 15 is 0 Å². The van der Waals surface area contributed by atoms with Crippen molar-refractivity contribution in [2.75, 3.05) is 13.6 Å². The first-order chi connectivity index (χ1) is 12.4. The van der Waals surface area contributed by atoms with Crippen molar-refractivity contribution >= 4 is 11.8 Å². The molecule has 0 bridgehead atoms. The van der Waals surface area contributed by atoms with E-state index in [0.29, 0.717) is 12.3 Å². The Morgan fingerprint density at radius 3 is 2.54 bits per heavy atom. The number of nitrogens with zero attached hydrogens (tertiary/aromatic N) is 2. The molecule has 138 valence electrons. The Labute approximate surface area is 155 Å². The van der Waals surface area contributed by atoms with Gasteiger partial charge < -0.3 is 9.80 Å². The summed E-state index contributed by atoms with van der Waals surface area (Å²) >= 11 is 0. The van der Waals surface area contributed by atoms with Gasteiger partial charge in [-0.3, -0.25) is 9.59 Å². The SMILES string of the molecule is CN1C(=O)C2=C(CCCN(C(=O)Cc3ccccc3)C2C2CC2)C1(C)C. The zero-order chi connectivity index (χ0) is 18.5. The maximum Gasteiger partial charge on any atom is 0.252 e. The van der Waals surface area contributed by atoms with Crippen LogP contribution in [0.1, 0.15) is 45.1 Å². The van der Waals surface area contributed by atoms with Gasteiger partial charge in [0.2, 0.25) is 5.91 Å². The number of likely N-dealkylation sites (N-methyl/N-ethyl adjacent to an activating group) is 1. The molecule has 1 aromatic rings. The van der Waals surface area contributed by atoms with E-state index < -0.39 is 0 Å². The summed E-state index contributed by atoms with van der Waals surface area (Å²) in [5, 5.41) is 0. The number of carbonyl (C=O) groups is 2. The Morgan fingerprint density at radius 1 is 1.19 bits per heavy atom. The molecule has 1 fully saturated rings. The van der Waals surface area contributed by atoms with Gasteiger partial charge in [0.25, 0.3) is 5.91 Å². The standard InChI is InChI=1S/C22H28N2O2/c1-22(2)17-10-7-13-24(18(25)14-15-8-5-4-6-9-15)20(16-11-12-16)19(17)21(26)23(22)3/h4-6,8-9,16,20H,7,10-14H2,1-3H3. The third-order valence-electron chi connectivity index (χ3n) is 6.48. The normalized spacial score (nSPS) is 25.3. The van der Waals surface area contributed by atoms with E-state index in [-0.39, 0.29) is 23.4 Å². The number of hydrogen-bond acceptors (Lipinski definition) is 2. The zero-order valence-electron chi connectivity index (χ0n) is 16.0. The first-order valence-electron chi connectivity index (χ1n) is 9.76. The van der Waals surface area contributed by atoms with E-state index in [1.165, 1.54) is 5.57 Å². The average molecular weight is 352 g/mol. The van der Waals surface area contributed by atoms with Gasteiger partial charge in [0.1, 0.15) is 0 Å². The van der Waals surface area contributed by atoms with Crippen molar-refractivity contribution in [2.45, 2.75) is 57.5 Å². The van der Waals surface area contributed by atoms with Crippen molar-refractivity contribution in [3.05, 3.63) is 47.0 Å². The van der Waals surface area contributed by atoms with Gasteiger partial charge in [0, 0.05) is 19.2 Å². The van der Waals surface area contributed by atoms with E-state index in [1.807, 2.05) is 47.2 Å². The second kappa shape index (κ2) is 6.26. The molecule has 2 amide bonds. The lowest BCUT2D eigenvalue weighted by Crippen LogP contribution is -2.46. The van der Waals surface area contributed by atoms with E-state index in [9.17, 15) is 9.59 Å². The van der Waals surface area contributed by atoms with Gasteiger partial charge in [-0.05, 0) is 56.6 Å². The van der Waals surface area contributed by atoms with Crippen molar-refractivity contribution in [1.29, 1.82) is 0 Å². The van der Waals surface area contributed by atoms with Crippen molar-refractivity contribution in [3.8, 4) is 0 Å². The van der Waals surface area contributed by atoms with Gasteiger partial charge in [0.15, 0.2) is 0 Å². The molecule has 0 aromatic heterocycles. The van der Waals surface area contributed by atoms with Gasteiger partial charge in [-0.15, -0.1) is 0 Å². The fourth-order valence-electron chi connectivity index (χ4n) is 4.62. The molecule has 26 heavy (non-hydrogen) atoms. The highest BCUT2D eigenvalue weighted by atomic mass is 16.2. The largest absolute Gasteiger partial charge is 0.335 e. The summed E-state index contributed by atoms with van der Waals surface area (Å²) in [4.78, 5) is 30.2. The van der Waals surface area contributed by atoms with Crippen molar-refractivity contribution in [2.24, 2.45) is 5.92 Å². The quantitative estimate of drug-likeness (QED) is 0.838. The number of benzene rings is 1. The van der Waals surface area contributed by atoms with E-state index in [0.717, 1.165) is 43.4 Å². The summed E-state index contributed by atoms with van der Waals surface area (Å²) in [6, 6.07) is 9.90. The Morgan fingerprint density at radius 2 is 1.88 bits per heavy atom. The van der Waals surface area contributed by atoms with E-state index in [2.05, 4.69) is 13.8 Å². The van der Waals surface area contributed by atoms with E-state index in [1.54, 1.807) is 0 Å². The minimum atomic E-state index is -0.238. The van der Waals surface area contributed by atoms with Crippen LogP contribution in [0.15, 0.2) is 41.5 Å². The predicted molar refractivity (Wildman–Crippen MR) is 101 cm³/mol. The summed E-state index contributed by atoms with van der Waals surface area (Å²) in [6.45, 7) is 5.03. The summed E-state index contributed by atoms with van der Waals surface area (Å²) in [5.41, 5.74) is 2.99. The van der Waals surface area contributed by atoms with Crippen LogP contribution in [0.2, 0.25) is 0 Å². The Kier molecular flexibility index (Phi) is 4.17. The third-order valence-corrected chi connectivity index (χ3v) is 6.48. The molecule has 4 heteroatoms. The lowest BCUT2D eigenvalue weighted by molar-refractivity contribution is -0.133. The van der Waals surface area contributed by atoms with Crippen LogP contribution >= 0.6 is 0 Å². The molecule has 0 N–H and O–H groups in total. The molecule has 2 aliphatic heterocycles. The van der Waals surface area contributed by atoms with Crippen LogP contribution in [0.5, 0.6) is 0 Å². The maximum absolute atomic E-state index is 13.2. The second-order valence-electron chi connectivity index (χ2n) is 8.45. The predicted octanol–water partition coefficient (Wildman–Crippen LogP) is 3.18. The second-order valence-corrected chi connectivity index (χ2v) is 8.45. The molecule has 0 radical (unpaired) electrons. The number of carbonyl (C=O) groups excluding carboxylic acids is 2. The first-order valence-corrected chi connectivity index (χ1v) is 9.76. The van der Waals surface area contributed by atoms with Crippen LogP contribution in [0.4, 0.5) is 0 Å². The number of amides is 2. The Bertz CT molecular complexity index is 762. The minimum absolute atomic E-state index is 0.0274. The highest BCUT2D eigenvalue weighted by Gasteiger charge is 2.51. The fourth-order valence-corrected chi connectivity index (χ4v) is 4.62. The molecule has 3 aliphatic rings. The van der Waals surface area contributed by atoms with Gasteiger partial charge in [0.05, 0.1) is 18.0 Å². The van der Waals surface area contributed by atoms with Crippen molar-refractivity contribution in [3.63, 3.8) is 0 Å². The number of rotatable bonds is 3. The summed E-state index contributed by atoms with van der Waals surface area (Å²) < 4.78 is 0. The van der Waals surface area contributed by atoms with Crippen molar-refractivity contribution < 1.29 is 9.59 Å². The average Bonchev–Trinajstić information content (AvgIpc) is 3.43. The molecular weight excluding hydrogens is 324 g/mol. The Hall–Kier alpha value is -2.10. The molecular formula is C22H28N2O2. The van der Waals surface area contributed by atoms with Gasteiger partial charge >= 0.3 is 0 Å². The molecule has 4 nitrogen and oxygen atoms in total. The van der Waals surface area contributed by atoms with Crippen LogP contribution in [0.25, 0.3) is 0 Å². The van der Waals surface area contributed by atoms with Crippen LogP contribution < -0.4 is 0 Å². The lowest BCUT2D eigenvalue weighted by atomic mass is 9.87. The highest BCUT2D eigenvalue weighted by molar-refractivity contribution is 6.00. The van der Waals surface area contributed by atoms with Gasteiger partial charge in [-0.1, -0.05) is 30.3 Å². The molecule has 1 unspecified atom stereocenters. The first kappa shape index (κ1) is 17.3. The summed E-state index contributed by atoms with van der Waals surface area (Å²) in [5.74, 6) is 0.729. The van der Waals surface area contributed by atoms with Gasteiger partial charge in [-0.2, -0.15) is 0 Å². The molecule has 1 aliphatic carbocycles. The highest BCUT2D eigenvalue weighted by Crippen LogP contribution is 2.47. The van der Waals surface area contributed by atoms with Crippen LogP contribution in [-0.4, -0.2) is 46.8 Å². The molecule has 4 rings (SSSR count). The number of hydrogen-bond donors (Lipinski definition) is 0. The third kappa shape index (κ3) is 2.76. The van der Waals surface area contributed by atoms with Crippen LogP contribution in [0.3, 0.4) is 0 Å². The van der Waals surface area contributed by atoms with Crippen LogP contribution in [-0.2, 0) is 16.0 Å². The molecule has 0 saturated heterocycles. The summed E-state index contributed by atoms with van der Waals surface area (Å²) in [7, 11) is 1.90. The van der Waals surface area contributed by atoms with Crippen molar-refractivity contribution in [1.82, 2.24) is 9.80 Å².